The average molecular weight is 444 g/mol. The van der Waals surface area contributed by atoms with Crippen molar-refractivity contribution in [1.82, 2.24) is 15.0 Å². The second kappa shape index (κ2) is 10.1. The van der Waals surface area contributed by atoms with Crippen molar-refractivity contribution in [3.05, 3.63) is 35.5 Å². The van der Waals surface area contributed by atoms with E-state index in [9.17, 15) is 4.79 Å². The summed E-state index contributed by atoms with van der Waals surface area (Å²) in [7, 11) is 1.66. The molecule has 0 N–H and O–H groups in total. The number of aromatic nitrogens is 3. The minimum Gasteiger partial charge on any atom is -0.497 e. The molecule has 7 heteroatoms. The molecule has 0 aliphatic heterocycles. The van der Waals surface area contributed by atoms with Crippen LogP contribution in [0.25, 0.3) is 0 Å². The van der Waals surface area contributed by atoms with Crippen LogP contribution in [0.15, 0.2) is 29.3 Å². The Morgan fingerprint density at radius 3 is 2.48 bits per heavy atom. The largest absolute Gasteiger partial charge is 0.497 e. The molecule has 2 aliphatic rings. The van der Waals surface area contributed by atoms with Crippen molar-refractivity contribution in [3.63, 3.8) is 0 Å². The summed E-state index contributed by atoms with van der Waals surface area (Å²) in [5.74, 6) is 0.438. The Labute approximate surface area is 189 Å². The highest BCUT2D eigenvalue weighted by Gasteiger charge is 2.37. The number of rotatable bonds is 7. The van der Waals surface area contributed by atoms with Crippen LogP contribution in [0.5, 0.6) is 5.75 Å². The highest BCUT2D eigenvalue weighted by atomic mass is 32.2. The summed E-state index contributed by atoms with van der Waals surface area (Å²) >= 11 is 1.77. The third-order valence-electron chi connectivity index (χ3n) is 6.84. The molecule has 1 aromatic carbocycles. The molecule has 2 aromatic rings. The second-order valence-corrected chi connectivity index (χ2v) is 10.1. The van der Waals surface area contributed by atoms with Crippen LogP contribution < -0.4 is 4.74 Å². The summed E-state index contributed by atoms with van der Waals surface area (Å²) in [6.07, 6.45) is 12.0. The van der Waals surface area contributed by atoms with Crippen LogP contribution in [-0.4, -0.2) is 39.9 Å². The predicted octanol–water partition coefficient (Wildman–Crippen LogP) is 5.50. The Morgan fingerprint density at radius 2 is 1.84 bits per heavy atom. The lowest BCUT2D eigenvalue weighted by Crippen LogP contribution is -2.30. The van der Waals surface area contributed by atoms with Gasteiger partial charge >= 0.3 is 5.97 Å². The molecule has 31 heavy (non-hydrogen) atoms. The fourth-order valence-electron chi connectivity index (χ4n) is 5.04. The molecule has 0 atom stereocenters. The SMILES string of the molecule is CCOC(=O)c1nnn(Cc2ccc(OC)cc2)c1SC1CCC2(CCCCC2)CC1. The lowest BCUT2D eigenvalue weighted by Gasteiger charge is -2.42. The van der Waals surface area contributed by atoms with Crippen molar-refractivity contribution in [3.8, 4) is 5.75 Å². The Kier molecular flexibility index (Phi) is 7.20. The van der Waals surface area contributed by atoms with Crippen molar-refractivity contribution in [2.75, 3.05) is 13.7 Å². The van der Waals surface area contributed by atoms with E-state index in [1.807, 2.05) is 35.9 Å². The van der Waals surface area contributed by atoms with Gasteiger partial charge in [-0.2, -0.15) is 0 Å². The van der Waals surface area contributed by atoms with Crippen LogP contribution >= 0.6 is 11.8 Å². The normalized spacial score (nSPS) is 18.8. The second-order valence-electron chi connectivity index (χ2n) is 8.85. The van der Waals surface area contributed by atoms with Crippen LogP contribution in [0.4, 0.5) is 0 Å². The number of esters is 1. The van der Waals surface area contributed by atoms with E-state index in [2.05, 4.69) is 10.3 Å². The highest BCUT2D eigenvalue weighted by Crippen LogP contribution is 2.50. The molecule has 6 nitrogen and oxygen atoms in total. The van der Waals surface area contributed by atoms with Gasteiger partial charge in [0.2, 0.25) is 5.69 Å². The number of carbonyl (C=O) groups excluding carboxylic acids is 1. The van der Waals surface area contributed by atoms with Crippen LogP contribution in [0.2, 0.25) is 0 Å². The molecule has 2 saturated carbocycles. The van der Waals surface area contributed by atoms with Crippen LogP contribution in [0, 0.1) is 5.41 Å². The molecular formula is C24H33N3O3S. The van der Waals surface area contributed by atoms with Gasteiger partial charge in [0, 0.05) is 5.25 Å². The standard InChI is InChI=1S/C24H33N3O3S/c1-3-30-23(28)21-22(27(26-25-21)17-18-7-9-19(29-2)10-8-18)31-20-11-15-24(16-12-20)13-5-4-6-14-24/h7-10,20H,3-6,11-17H2,1-2H3. The minimum absolute atomic E-state index is 0.334. The van der Waals surface area contributed by atoms with Gasteiger partial charge in [-0.05, 0) is 68.6 Å². The van der Waals surface area contributed by atoms with E-state index < -0.39 is 0 Å². The monoisotopic (exact) mass is 443 g/mol. The molecule has 4 rings (SSSR count). The first-order valence-electron chi connectivity index (χ1n) is 11.5. The molecule has 0 radical (unpaired) electrons. The first-order valence-corrected chi connectivity index (χ1v) is 12.4. The first-order chi connectivity index (χ1) is 15.1. The maximum absolute atomic E-state index is 12.5. The van der Waals surface area contributed by atoms with Gasteiger partial charge in [-0.15, -0.1) is 16.9 Å². The van der Waals surface area contributed by atoms with Gasteiger partial charge in [0.1, 0.15) is 10.8 Å². The zero-order valence-electron chi connectivity index (χ0n) is 18.6. The van der Waals surface area contributed by atoms with E-state index >= 15 is 0 Å². The fraction of sp³-hybridized carbons (Fsp3) is 0.625. The van der Waals surface area contributed by atoms with Crippen LogP contribution in [-0.2, 0) is 11.3 Å². The maximum atomic E-state index is 12.5. The number of carbonyl (C=O) groups is 1. The van der Waals surface area contributed by atoms with Gasteiger partial charge in [-0.1, -0.05) is 36.6 Å². The molecule has 1 aromatic heterocycles. The zero-order chi connectivity index (χ0) is 21.7. The van der Waals surface area contributed by atoms with Gasteiger partial charge in [0.25, 0.3) is 0 Å². The fourth-order valence-corrected chi connectivity index (χ4v) is 6.28. The number of hydrogen-bond acceptors (Lipinski definition) is 6. The first kappa shape index (κ1) is 22.2. The number of methoxy groups -OCH3 is 1. The molecule has 2 fully saturated rings. The smallest absolute Gasteiger partial charge is 0.361 e. The third-order valence-corrected chi connectivity index (χ3v) is 8.27. The van der Waals surface area contributed by atoms with Crippen LogP contribution in [0.1, 0.15) is 80.8 Å². The zero-order valence-corrected chi connectivity index (χ0v) is 19.5. The third kappa shape index (κ3) is 5.25. The molecule has 1 spiro atoms. The summed E-state index contributed by atoms with van der Waals surface area (Å²) < 4.78 is 12.4. The predicted molar refractivity (Wildman–Crippen MR) is 122 cm³/mol. The number of benzene rings is 1. The van der Waals surface area contributed by atoms with E-state index in [1.165, 1.54) is 57.8 Å². The summed E-state index contributed by atoms with van der Waals surface area (Å²) in [6.45, 7) is 2.72. The Morgan fingerprint density at radius 1 is 1.13 bits per heavy atom. The van der Waals surface area contributed by atoms with Crippen molar-refractivity contribution in [2.45, 2.75) is 81.5 Å². The molecular weight excluding hydrogens is 410 g/mol. The van der Waals surface area contributed by atoms with Crippen molar-refractivity contribution < 1.29 is 14.3 Å². The number of thioether (sulfide) groups is 1. The molecule has 1 heterocycles. The van der Waals surface area contributed by atoms with Crippen molar-refractivity contribution >= 4 is 17.7 Å². The van der Waals surface area contributed by atoms with Gasteiger partial charge in [0.05, 0.1) is 20.3 Å². The topological polar surface area (TPSA) is 66.2 Å². The van der Waals surface area contributed by atoms with E-state index in [0.717, 1.165) is 16.3 Å². The number of ether oxygens (including phenoxy) is 2. The lowest BCUT2D eigenvalue weighted by atomic mass is 9.65. The molecule has 2 aliphatic carbocycles. The molecule has 0 amide bonds. The van der Waals surface area contributed by atoms with Crippen molar-refractivity contribution in [2.24, 2.45) is 5.41 Å². The van der Waals surface area contributed by atoms with Gasteiger partial charge in [-0.25, -0.2) is 9.48 Å². The quantitative estimate of drug-likeness (QED) is 0.527. The van der Waals surface area contributed by atoms with Crippen LogP contribution in [0.3, 0.4) is 0 Å². The van der Waals surface area contributed by atoms with E-state index in [-0.39, 0.29) is 5.97 Å². The summed E-state index contributed by atoms with van der Waals surface area (Å²) in [6, 6.07) is 7.92. The number of nitrogens with zero attached hydrogens (tertiary/aromatic N) is 3. The highest BCUT2D eigenvalue weighted by molar-refractivity contribution is 7.99. The Balaban J connectivity index is 1.50. The van der Waals surface area contributed by atoms with Gasteiger partial charge in [0.15, 0.2) is 0 Å². The lowest BCUT2D eigenvalue weighted by molar-refractivity contribution is 0.0514. The van der Waals surface area contributed by atoms with Gasteiger partial charge in [-0.3, -0.25) is 0 Å². The summed E-state index contributed by atoms with van der Waals surface area (Å²) in [4.78, 5) is 12.5. The summed E-state index contributed by atoms with van der Waals surface area (Å²) in [5, 5.41) is 9.85. The van der Waals surface area contributed by atoms with Gasteiger partial charge < -0.3 is 9.47 Å². The molecule has 0 unspecified atom stereocenters. The van der Waals surface area contributed by atoms with E-state index in [0.29, 0.717) is 29.5 Å². The Bertz CT molecular complexity index is 865. The maximum Gasteiger partial charge on any atom is 0.361 e. The molecule has 168 valence electrons. The minimum atomic E-state index is -0.384. The molecule has 0 bridgehead atoms. The Hall–Kier alpha value is -2.02. The molecule has 0 saturated heterocycles. The summed E-state index contributed by atoms with van der Waals surface area (Å²) in [5.41, 5.74) is 2.02. The van der Waals surface area contributed by atoms with E-state index in [4.69, 9.17) is 9.47 Å². The van der Waals surface area contributed by atoms with E-state index in [1.54, 1.807) is 18.9 Å². The van der Waals surface area contributed by atoms with Crippen molar-refractivity contribution in [1.29, 1.82) is 0 Å². The number of hydrogen-bond donors (Lipinski definition) is 0. The average Bonchev–Trinajstić information content (AvgIpc) is 3.19.